The number of nitrogens with zero attached hydrogens (tertiary/aromatic N) is 1. The van der Waals surface area contributed by atoms with Gasteiger partial charge >= 0.3 is 0 Å². The van der Waals surface area contributed by atoms with Gasteiger partial charge in [-0.05, 0) is 36.6 Å². The van der Waals surface area contributed by atoms with E-state index in [4.69, 9.17) is 0 Å². The Hall–Kier alpha value is -2.38. The zero-order chi connectivity index (χ0) is 19.4. The second-order valence-corrected chi connectivity index (χ2v) is 6.81. The van der Waals surface area contributed by atoms with Gasteiger partial charge in [0.1, 0.15) is 5.82 Å². The van der Waals surface area contributed by atoms with Gasteiger partial charge in [-0.15, -0.1) is 0 Å². The Balaban J connectivity index is 1.62. The number of carbonyl (C=O) groups is 1. The Morgan fingerprint density at radius 3 is 2.59 bits per heavy atom. The van der Waals surface area contributed by atoms with Crippen LogP contribution in [0.15, 0.2) is 42.5 Å². The summed E-state index contributed by atoms with van der Waals surface area (Å²) in [5.41, 5.74) is -0.712. The summed E-state index contributed by atoms with van der Waals surface area (Å²) in [6.45, 7) is 0.680. The van der Waals surface area contributed by atoms with Crippen LogP contribution in [0.25, 0.3) is 0 Å². The van der Waals surface area contributed by atoms with Crippen LogP contribution in [0.1, 0.15) is 24.0 Å². The SMILES string of the molecule is O=C1N(Cc2ccc(F)c(F)c2)CCCC1(O)CNCc1ccccc1F. The Kier molecular flexibility index (Phi) is 5.82. The van der Waals surface area contributed by atoms with Gasteiger partial charge in [-0.2, -0.15) is 0 Å². The van der Waals surface area contributed by atoms with Crippen LogP contribution in [-0.4, -0.2) is 34.6 Å². The third-order valence-corrected chi connectivity index (χ3v) is 4.75. The van der Waals surface area contributed by atoms with E-state index in [0.29, 0.717) is 24.1 Å². The normalized spacial score (nSPS) is 20.1. The summed E-state index contributed by atoms with van der Waals surface area (Å²) in [5.74, 6) is -2.75. The first-order valence-electron chi connectivity index (χ1n) is 8.79. The average molecular weight is 378 g/mol. The standard InChI is InChI=1S/C20H21F3N2O2/c21-16-5-2-1-4-15(16)11-24-13-20(27)8-3-9-25(19(20)26)12-14-6-7-17(22)18(23)10-14/h1-2,4-7,10,24,27H,3,8-9,11-13H2. The fourth-order valence-corrected chi connectivity index (χ4v) is 3.28. The van der Waals surface area contributed by atoms with Crippen molar-refractivity contribution in [2.24, 2.45) is 0 Å². The zero-order valence-electron chi connectivity index (χ0n) is 14.7. The fourth-order valence-electron chi connectivity index (χ4n) is 3.28. The third-order valence-electron chi connectivity index (χ3n) is 4.75. The van der Waals surface area contributed by atoms with E-state index in [9.17, 15) is 23.1 Å². The van der Waals surface area contributed by atoms with Gasteiger partial charge in [0.25, 0.3) is 5.91 Å². The van der Waals surface area contributed by atoms with Crippen molar-refractivity contribution in [1.29, 1.82) is 0 Å². The van der Waals surface area contributed by atoms with E-state index in [2.05, 4.69) is 5.32 Å². The summed E-state index contributed by atoms with van der Waals surface area (Å²) in [5, 5.41) is 13.7. The molecule has 7 heteroatoms. The van der Waals surface area contributed by atoms with E-state index in [1.165, 1.54) is 17.0 Å². The minimum absolute atomic E-state index is 0.0194. The Morgan fingerprint density at radius 2 is 1.85 bits per heavy atom. The zero-order valence-corrected chi connectivity index (χ0v) is 14.7. The second-order valence-electron chi connectivity index (χ2n) is 6.81. The molecule has 1 aliphatic heterocycles. The molecule has 1 aliphatic rings. The van der Waals surface area contributed by atoms with E-state index in [-0.39, 0.29) is 31.9 Å². The number of hydrogen-bond acceptors (Lipinski definition) is 3. The lowest BCUT2D eigenvalue weighted by Crippen LogP contribution is -2.57. The molecule has 27 heavy (non-hydrogen) atoms. The molecule has 1 heterocycles. The molecule has 0 radical (unpaired) electrons. The van der Waals surface area contributed by atoms with Gasteiger partial charge in [-0.1, -0.05) is 24.3 Å². The van der Waals surface area contributed by atoms with Crippen molar-refractivity contribution < 1.29 is 23.1 Å². The Bertz CT molecular complexity index is 831. The second kappa shape index (κ2) is 8.10. The topological polar surface area (TPSA) is 52.6 Å². The highest BCUT2D eigenvalue weighted by Gasteiger charge is 2.41. The number of aliphatic hydroxyl groups is 1. The van der Waals surface area contributed by atoms with E-state index >= 15 is 0 Å². The summed E-state index contributed by atoms with van der Waals surface area (Å²) >= 11 is 0. The molecule has 1 saturated heterocycles. The van der Waals surface area contributed by atoms with Crippen molar-refractivity contribution in [3.05, 3.63) is 71.0 Å². The molecular formula is C20H21F3N2O2. The molecule has 2 N–H and O–H groups in total. The smallest absolute Gasteiger partial charge is 0.256 e. The molecule has 1 unspecified atom stereocenters. The lowest BCUT2D eigenvalue weighted by molar-refractivity contribution is -0.157. The fraction of sp³-hybridized carbons (Fsp3) is 0.350. The van der Waals surface area contributed by atoms with E-state index < -0.39 is 23.1 Å². The maximum absolute atomic E-state index is 13.7. The molecular weight excluding hydrogens is 357 g/mol. The summed E-state index contributed by atoms with van der Waals surface area (Å²) in [7, 11) is 0. The number of nitrogens with one attached hydrogen (secondary N) is 1. The molecule has 1 atom stereocenters. The molecule has 4 nitrogen and oxygen atoms in total. The number of piperidine rings is 1. The number of benzene rings is 2. The molecule has 0 spiro atoms. The number of rotatable bonds is 6. The van der Waals surface area contributed by atoms with E-state index in [0.717, 1.165) is 12.1 Å². The summed E-state index contributed by atoms with van der Waals surface area (Å²) < 4.78 is 40.1. The van der Waals surface area contributed by atoms with Crippen LogP contribution in [0.3, 0.4) is 0 Å². The summed E-state index contributed by atoms with van der Waals surface area (Å²) in [6, 6.07) is 9.76. The summed E-state index contributed by atoms with van der Waals surface area (Å²) in [4.78, 5) is 14.1. The molecule has 0 aliphatic carbocycles. The molecule has 1 amide bonds. The van der Waals surface area contributed by atoms with Gasteiger partial charge in [-0.3, -0.25) is 4.79 Å². The molecule has 2 aromatic rings. The van der Waals surface area contributed by atoms with Gasteiger partial charge < -0.3 is 15.3 Å². The number of likely N-dealkylation sites (tertiary alicyclic amines) is 1. The predicted molar refractivity (Wildman–Crippen MR) is 94.1 cm³/mol. The van der Waals surface area contributed by atoms with Crippen molar-refractivity contribution in [2.75, 3.05) is 13.1 Å². The van der Waals surface area contributed by atoms with Crippen LogP contribution in [0, 0.1) is 17.5 Å². The quantitative estimate of drug-likeness (QED) is 0.813. The highest BCUT2D eigenvalue weighted by molar-refractivity contribution is 5.86. The number of carbonyl (C=O) groups excluding carboxylic acids is 1. The highest BCUT2D eigenvalue weighted by Crippen LogP contribution is 2.24. The lowest BCUT2D eigenvalue weighted by Gasteiger charge is -2.38. The molecule has 3 rings (SSSR count). The van der Waals surface area contributed by atoms with Crippen LogP contribution in [0.2, 0.25) is 0 Å². The predicted octanol–water partition coefficient (Wildman–Crippen LogP) is 2.75. The Morgan fingerprint density at radius 1 is 1.07 bits per heavy atom. The number of hydrogen-bond donors (Lipinski definition) is 2. The minimum Gasteiger partial charge on any atom is -0.379 e. The van der Waals surface area contributed by atoms with Crippen LogP contribution >= 0.6 is 0 Å². The molecule has 0 bridgehead atoms. The average Bonchev–Trinajstić information content (AvgIpc) is 2.64. The summed E-state index contributed by atoms with van der Waals surface area (Å²) in [6.07, 6.45) is 0.859. The van der Waals surface area contributed by atoms with Crippen LogP contribution in [-0.2, 0) is 17.9 Å². The Labute approximate surface area is 155 Å². The van der Waals surface area contributed by atoms with E-state index in [1.54, 1.807) is 18.2 Å². The molecule has 0 aromatic heterocycles. The first-order valence-corrected chi connectivity index (χ1v) is 8.79. The molecule has 2 aromatic carbocycles. The van der Waals surface area contributed by atoms with Gasteiger partial charge in [0.05, 0.1) is 0 Å². The van der Waals surface area contributed by atoms with E-state index in [1.807, 2.05) is 0 Å². The van der Waals surface area contributed by atoms with Crippen LogP contribution in [0.5, 0.6) is 0 Å². The van der Waals surface area contributed by atoms with Crippen molar-refractivity contribution in [3.63, 3.8) is 0 Å². The third kappa shape index (κ3) is 4.48. The van der Waals surface area contributed by atoms with Crippen LogP contribution in [0.4, 0.5) is 13.2 Å². The van der Waals surface area contributed by atoms with Gasteiger partial charge in [0.2, 0.25) is 0 Å². The van der Waals surface area contributed by atoms with Crippen LogP contribution < -0.4 is 5.32 Å². The molecule has 1 fully saturated rings. The molecule has 0 saturated carbocycles. The first-order chi connectivity index (χ1) is 12.9. The van der Waals surface area contributed by atoms with Crippen molar-refractivity contribution in [2.45, 2.75) is 31.5 Å². The van der Waals surface area contributed by atoms with Gasteiger partial charge in [0.15, 0.2) is 17.2 Å². The maximum Gasteiger partial charge on any atom is 0.256 e. The van der Waals surface area contributed by atoms with Crippen molar-refractivity contribution in [3.8, 4) is 0 Å². The molecule has 144 valence electrons. The van der Waals surface area contributed by atoms with Gasteiger partial charge in [-0.25, -0.2) is 13.2 Å². The number of amides is 1. The monoisotopic (exact) mass is 378 g/mol. The number of halogens is 3. The lowest BCUT2D eigenvalue weighted by atomic mass is 9.91. The van der Waals surface area contributed by atoms with Crippen molar-refractivity contribution >= 4 is 5.91 Å². The highest BCUT2D eigenvalue weighted by atomic mass is 19.2. The minimum atomic E-state index is -1.61. The van der Waals surface area contributed by atoms with Crippen molar-refractivity contribution in [1.82, 2.24) is 10.2 Å². The van der Waals surface area contributed by atoms with Gasteiger partial charge in [0, 0.05) is 31.7 Å². The largest absolute Gasteiger partial charge is 0.379 e. The maximum atomic E-state index is 13.7. The first kappa shape index (κ1) is 19.4.